The van der Waals surface area contributed by atoms with E-state index in [-0.39, 0.29) is 11.9 Å². The molecule has 2 nitrogen and oxygen atoms in total. The Morgan fingerprint density at radius 1 is 1.29 bits per heavy atom. The molecule has 0 aliphatic heterocycles. The molecular formula is C13H14FNOS. The van der Waals surface area contributed by atoms with Gasteiger partial charge in [0, 0.05) is 23.1 Å². The van der Waals surface area contributed by atoms with Crippen LogP contribution in [0.2, 0.25) is 0 Å². The number of benzene rings is 1. The molecule has 2 N–H and O–H groups in total. The molecule has 0 radical (unpaired) electrons. The highest BCUT2D eigenvalue weighted by Gasteiger charge is 2.07. The molecule has 1 atom stereocenters. The molecule has 0 saturated heterocycles. The Kier molecular flexibility index (Phi) is 4.23. The lowest BCUT2D eigenvalue weighted by Gasteiger charge is -2.09. The summed E-state index contributed by atoms with van der Waals surface area (Å²) in [5, 5.41) is 0. The first-order valence-corrected chi connectivity index (χ1v) is 6.39. The van der Waals surface area contributed by atoms with Crippen molar-refractivity contribution in [2.45, 2.75) is 17.4 Å². The van der Waals surface area contributed by atoms with E-state index in [1.807, 2.05) is 18.2 Å². The standard InChI is InChI=1S/C13H14FNOS/c14-10-3-1-5-13(7-10)17-9-11(15)8-12-4-2-6-16-12/h1-7,11H,8-9,15H2. The highest BCUT2D eigenvalue weighted by Crippen LogP contribution is 2.20. The summed E-state index contributed by atoms with van der Waals surface area (Å²) in [4.78, 5) is 0.903. The molecular weight excluding hydrogens is 237 g/mol. The second kappa shape index (κ2) is 5.89. The highest BCUT2D eigenvalue weighted by molar-refractivity contribution is 7.99. The summed E-state index contributed by atoms with van der Waals surface area (Å²) < 4.78 is 18.2. The summed E-state index contributed by atoms with van der Waals surface area (Å²) in [5.41, 5.74) is 5.98. The van der Waals surface area contributed by atoms with Crippen LogP contribution in [0, 0.1) is 5.82 Å². The lowest BCUT2D eigenvalue weighted by molar-refractivity contribution is 0.493. The monoisotopic (exact) mass is 251 g/mol. The van der Waals surface area contributed by atoms with Crippen LogP contribution in [-0.4, -0.2) is 11.8 Å². The van der Waals surface area contributed by atoms with Gasteiger partial charge >= 0.3 is 0 Å². The molecule has 4 heteroatoms. The fourth-order valence-electron chi connectivity index (χ4n) is 1.51. The molecule has 2 rings (SSSR count). The summed E-state index contributed by atoms with van der Waals surface area (Å²) in [6.45, 7) is 0. The fourth-order valence-corrected chi connectivity index (χ4v) is 2.40. The van der Waals surface area contributed by atoms with Crippen LogP contribution in [0.1, 0.15) is 5.76 Å². The Morgan fingerprint density at radius 3 is 2.88 bits per heavy atom. The van der Waals surface area contributed by atoms with Crippen LogP contribution >= 0.6 is 11.8 Å². The van der Waals surface area contributed by atoms with Crippen molar-refractivity contribution in [2.75, 3.05) is 5.75 Å². The van der Waals surface area contributed by atoms with Gasteiger partial charge in [0.25, 0.3) is 0 Å². The van der Waals surface area contributed by atoms with E-state index >= 15 is 0 Å². The van der Waals surface area contributed by atoms with Crippen molar-refractivity contribution in [2.24, 2.45) is 5.73 Å². The van der Waals surface area contributed by atoms with Gasteiger partial charge in [-0.25, -0.2) is 4.39 Å². The summed E-state index contributed by atoms with van der Waals surface area (Å²) in [6, 6.07) is 10.3. The number of hydrogen-bond acceptors (Lipinski definition) is 3. The molecule has 0 aliphatic rings. The molecule has 17 heavy (non-hydrogen) atoms. The van der Waals surface area contributed by atoms with E-state index in [4.69, 9.17) is 10.2 Å². The third-order valence-electron chi connectivity index (χ3n) is 2.30. The minimum Gasteiger partial charge on any atom is -0.469 e. The molecule has 0 saturated carbocycles. The van der Waals surface area contributed by atoms with Crippen molar-refractivity contribution < 1.29 is 8.81 Å². The lowest BCUT2D eigenvalue weighted by Crippen LogP contribution is -2.25. The van der Waals surface area contributed by atoms with Crippen molar-refractivity contribution in [1.29, 1.82) is 0 Å². The Balaban J connectivity index is 1.82. The molecule has 2 aromatic rings. The van der Waals surface area contributed by atoms with Crippen LogP contribution in [0.3, 0.4) is 0 Å². The van der Waals surface area contributed by atoms with Gasteiger partial charge < -0.3 is 10.2 Å². The van der Waals surface area contributed by atoms with Crippen LogP contribution in [0.25, 0.3) is 0 Å². The van der Waals surface area contributed by atoms with E-state index in [2.05, 4.69) is 0 Å². The first kappa shape index (κ1) is 12.2. The molecule has 0 amide bonds. The minimum atomic E-state index is -0.213. The van der Waals surface area contributed by atoms with Crippen LogP contribution < -0.4 is 5.73 Å². The van der Waals surface area contributed by atoms with Gasteiger partial charge in [0.15, 0.2) is 0 Å². The molecule has 1 heterocycles. The molecule has 1 aromatic carbocycles. The van der Waals surface area contributed by atoms with Gasteiger partial charge in [-0.2, -0.15) is 0 Å². The molecule has 0 spiro atoms. The number of nitrogens with two attached hydrogens (primary N) is 1. The Morgan fingerprint density at radius 2 is 2.18 bits per heavy atom. The van der Waals surface area contributed by atoms with E-state index in [1.165, 1.54) is 12.1 Å². The average Bonchev–Trinajstić information content (AvgIpc) is 2.79. The summed E-state index contributed by atoms with van der Waals surface area (Å²) in [7, 11) is 0. The summed E-state index contributed by atoms with van der Waals surface area (Å²) >= 11 is 1.56. The Labute approximate surface area is 104 Å². The highest BCUT2D eigenvalue weighted by atomic mass is 32.2. The number of hydrogen-bond donors (Lipinski definition) is 1. The fraction of sp³-hybridized carbons (Fsp3) is 0.231. The van der Waals surface area contributed by atoms with E-state index in [9.17, 15) is 4.39 Å². The van der Waals surface area contributed by atoms with Gasteiger partial charge in [-0.15, -0.1) is 11.8 Å². The predicted molar refractivity (Wildman–Crippen MR) is 67.5 cm³/mol. The number of halogens is 1. The second-order valence-electron chi connectivity index (χ2n) is 3.81. The van der Waals surface area contributed by atoms with Crippen molar-refractivity contribution in [3.05, 3.63) is 54.2 Å². The maximum atomic E-state index is 12.9. The largest absolute Gasteiger partial charge is 0.469 e. The molecule has 1 aromatic heterocycles. The van der Waals surface area contributed by atoms with Gasteiger partial charge in [-0.1, -0.05) is 6.07 Å². The lowest BCUT2D eigenvalue weighted by atomic mass is 10.2. The first-order chi connectivity index (χ1) is 8.24. The Bertz CT molecular complexity index is 458. The van der Waals surface area contributed by atoms with E-state index in [0.29, 0.717) is 6.42 Å². The van der Waals surface area contributed by atoms with Gasteiger partial charge in [-0.3, -0.25) is 0 Å². The van der Waals surface area contributed by atoms with E-state index in [1.54, 1.807) is 24.1 Å². The zero-order chi connectivity index (χ0) is 12.1. The molecule has 0 fully saturated rings. The van der Waals surface area contributed by atoms with Crippen LogP contribution in [0.4, 0.5) is 4.39 Å². The van der Waals surface area contributed by atoms with Gasteiger partial charge in [0.05, 0.1) is 6.26 Å². The predicted octanol–water partition coefficient (Wildman–Crippen LogP) is 3.08. The van der Waals surface area contributed by atoms with E-state index < -0.39 is 0 Å². The van der Waals surface area contributed by atoms with Crippen molar-refractivity contribution in [1.82, 2.24) is 0 Å². The SMILES string of the molecule is NC(CSc1cccc(F)c1)Cc1ccco1. The van der Waals surface area contributed by atoms with Crippen molar-refractivity contribution in [3.8, 4) is 0 Å². The smallest absolute Gasteiger partial charge is 0.124 e. The second-order valence-corrected chi connectivity index (χ2v) is 4.91. The topological polar surface area (TPSA) is 39.2 Å². The zero-order valence-corrected chi connectivity index (χ0v) is 10.1. The maximum absolute atomic E-state index is 12.9. The quantitative estimate of drug-likeness (QED) is 0.830. The van der Waals surface area contributed by atoms with Gasteiger partial charge in [0.1, 0.15) is 11.6 Å². The molecule has 90 valence electrons. The first-order valence-electron chi connectivity index (χ1n) is 5.40. The van der Waals surface area contributed by atoms with Crippen LogP contribution in [-0.2, 0) is 6.42 Å². The minimum absolute atomic E-state index is 0.00872. The van der Waals surface area contributed by atoms with Gasteiger partial charge in [0.2, 0.25) is 0 Å². The molecule has 1 unspecified atom stereocenters. The van der Waals surface area contributed by atoms with Crippen molar-refractivity contribution in [3.63, 3.8) is 0 Å². The maximum Gasteiger partial charge on any atom is 0.124 e. The number of thioether (sulfide) groups is 1. The van der Waals surface area contributed by atoms with Gasteiger partial charge in [-0.05, 0) is 30.3 Å². The summed E-state index contributed by atoms with van der Waals surface area (Å²) in [5.74, 6) is 1.41. The summed E-state index contributed by atoms with van der Waals surface area (Å²) in [6.07, 6.45) is 2.34. The van der Waals surface area contributed by atoms with Crippen molar-refractivity contribution >= 4 is 11.8 Å². The third kappa shape index (κ3) is 3.91. The third-order valence-corrected chi connectivity index (χ3v) is 3.49. The molecule has 0 bridgehead atoms. The number of furan rings is 1. The zero-order valence-electron chi connectivity index (χ0n) is 9.30. The number of rotatable bonds is 5. The van der Waals surface area contributed by atoms with Crippen LogP contribution in [0.5, 0.6) is 0 Å². The van der Waals surface area contributed by atoms with Crippen LogP contribution in [0.15, 0.2) is 52.0 Å². The normalized spacial score (nSPS) is 12.6. The average molecular weight is 251 g/mol. The van der Waals surface area contributed by atoms with E-state index in [0.717, 1.165) is 16.4 Å². The molecule has 0 aliphatic carbocycles. The Hall–Kier alpha value is -1.26.